The summed E-state index contributed by atoms with van der Waals surface area (Å²) >= 11 is 0. The highest BCUT2D eigenvalue weighted by Crippen LogP contribution is 2.31. The van der Waals surface area contributed by atoms with E-state index >= 15 is 0 Å². The third-order valence-corrected chi connectivity index (χ3v) is 6.74. The summed E-state index contributed by atoms with van der Waals surface area (Å²) in [5.74, 6) is 1.35. The van der Waals surface area contributed by atoms with Gasteiger partial charge in [0.2, 0.25) is 10.0 Å². The number of benzene rings is 2. The number of amides is 2. The lowest BCUT2D eigenvalue weighted by molar-refractivity contribution is 0.0675. The smallest absolute Gasteiger partial charge is 0.317 e. The first-order valence-electron chi connectivity index (χ1n) is 9.74. The summed E-state index contributed by atoms with van der Waals surface area (Å²) in [6.45, 7) is 3.16. The van der Waals surface area contributed by atoms with Crippen LogP contribution in [0.3, 0.4) is 0 Å². The van der Waals surface area contributed by atoms with Gasteiger partial charge in [0.25, 0.3) is 0 Å². The Bertz CT molecular complexity index is 994. The number of sulfonamides is 1. The molecule has 9 heteroatoms. The molecule has 0 saturated heterocycles. The van der Waals surface area contributed by atoms with Crippen molar-refractivity contribution in [1.29, 1.82) is 0 Å². The summed E-state index contributed by atoms with van der Waals surface area (Å²) in [4.78, 5) is 14.5. The Balaban J connectivity index is 1.63. The molecular formula is C21H27N3O5S. The Hall–Kier alpha value is -2.78. The van der Waals surface area contributed by atoms with E-state index in [4.69, 9.17) is 9.47 Å². The Morgan fingerprint density at radius 1 is 1.10 bits per heavy atom. The van der Waals surface area contributed by atoms with Gasteiger partial charge < -0.3 is 19.7 Å². The van der Waals surface area contributed by atoms with Crippen LogP contribution in [0.1, 0.15) is 12.5 Å². The third kappa shape index (κ3) is 4.85. The number of rotatable bonds is 7. The molecule has 8 nitrogen and oxygen atoms in total. The van der Waals surface area contributed by atoms with E-state index in [0.717, 1.165) is 4.31 Å². The predicted molar refractivity (Wildman–Crippen MR) is 113 cm³/mol. The Morgan fingerprint density at radius 3 is 2.47 bits per heavy atom. The van der Waals surface area contributed by atoms with Crippen LogP contribution in [0, 0.1) is 0 Å². The highest BCUT2D eigenvalue weighted by molar-refractivity contribution is 7.89. The van der Waals surface area contributed by atoms with Gasteiger partial charge >= 0.3 is 6.03 Å². The van der Waals surface area contributed by atoms with Gasteiger partial charge in [-0.05, 0) is 30.7 Å². The van der Waals surface area contributed by atoms with Gasteiger partial charge in [0, 0.05) is 27.2 Å². The number of para-hydroxylation sites is 2. The highest BCUT2D eigenvalue weighted by Gasteiger charge is 2.25. The topological polar surface area (TPSA) is 88.2 Å². The molecule has 2 aromatic rings. The van der Waals surface area contributed by atoms with Crippen LogP contribution >= 0.6 is 0 Å². The van der Waals surface area contributed by atoms with Crippen molar-refractivity contribution in [2.24, 2.45) is 0 Å². The molecule has 30 heavy (non-hydrogen) atoms. The van der Waals surface area contributed by atoms with Gasteiger partial charge in [-0.25, -0.2) is 17.5 Å². The number of carbonyl (C=O) groups excluding carboxylic acids is 1. The van der Waals surface area contributed by atoms with Crippen molar-refractivity contribution in [3.63, 3.8) is 0 Å². The molecule has 2 amide bonds. The average Bonchev–Trinajstić information content (AvgIpc) is 2.75. The summed E-state index contributed by atoms with van der Waals surface area (Å²) in [5, 5.41) is 2.82. The molecule has 1 aliphatic rings. The lowest BCUT2D eigenvalue weighted by Crippen LogP contribution is -2.47. The van der Waals surface area contributed by atoms with Crippen molar-refractivity contribution >= 4 is 16.1 Å². The van der Waals surface area contributed by atoms with Gasteiger partial charge in [0.05, 0.1) is 11.4 Å². The SMILES string of the molecule is CCN(C[C@@H]1COc2ccccc2O1)C(=O)NCc1ccccc1S(=O)(=O)N(C)C. The summed E-state index contributed by atoms with van der Waals surface area (Å²) in [5.41, 5.74) is 0.529. The molecule has 0 aromatic heterocycles. The van der Waals surface area contributed by atoms with E-state index in [1.54, 1.807) is 29.2 Å². The highest BCUT2D eigenvalue weighted by atomic mass is 32.2. The van der Waals surface area contributed by atoms with E-state index in [-0.39, 0.29) is 23.6 Å². The minimum atomic E-state index is -3.60. The number of likely N-dealkylation sites (N-methyl/N-ethyl adjacent to an activating group) is 1. The Morgan fingerprint density at radius 2 is 1.77 bits per heavy atom. The zero-order valence-corrected chi connectivity index (χ0v) is 18.2. The molecule has 162 valence electrons. The molecule has 1 heterocycles. The van der Waals surface area contributed by atoms with Crippen LogP contribution in [-0.2, 0) is 16.6 Å². The van der Waals surface area contributed by atoms with Crippen LogP contribution in [0.15, 0.2) is 53.4 Å². The lowest BCUT2D eigenvalue weighted by Gasteiger charge is -2.31. The van der Waals surface area contributed by atoms with Crippen molar-refractivity contribution in [2.75, 3.05) is 33.8 Å². The van der Waals surface area contributed by atoms with Gasteiger partial charge in [-0.15, -0.1) is 0 Å². The van der Waals surface area contributed by atoms with Crippen molar-refractivity contribution in [1.82, 2.24) is 14.5 Å². The second-order valence-electron chi connectivity index (χ2n) is 7.09. The molecule has 1 aliphatic heterocycles. The van der Waals surface area contributed by atoms with Gasteiger partial charge in [-0.1, -0.05) is 30.3 Å². The minimum absolute atomic E-state index is 0.101. The standard InChI is InChI=1S/C21H27N3O5S/c1-4-24(14-17-15-28-18-10-6-7-11-19(18)29-17)21(25)22-13-16-9-5-8-12-20(16)30(26,27)23(2)3/h5-12,17H,4,13-15H2,1-3H3,(H,22,25)/t17-/m1/s1. The third-order valence-electron chi connectivity index (χ3n) is 4.82. The van der Waals surface area contributed by atoms with E-state index in [1.165, 1.54) is 14.1 Å². The van der Waals surface area contributed by atoms with Crippen LogP contribution < -0.4 is 14.8 Å². The van der Waals surface area contributed by atoms with Gasteiger partial charge in [-0.3, -0.25) is 0 Å². The normalized spacial score (nSPS) is 15.7. The summed E-state index contributed by atoms with van der Waals surface area (Å²) in [7, 11) is -0.640. The molecule has 2 aromatic carbocycles. The molecule has 0 saturated carbocycles. The molecule has 3 rings (SSSR count). The van der Waals surface area contributed by atoms with Crippen molar-refractivity contribution in [3.05, 3.63) is 54.1 Å². The molecule has 0 spiro atoms. The quantitative estimate of drug-likeness (QED) is 0.724. The van der Waals surface area contributed by atoms with Crippen LogP contribution in [0.5, 0.6) is 11.5 Å². The van der Waals surface area contributed by atoms with Crippen molar-refractivity contribution in [2.45, 2.75) is 24.5 Å². The maximum absolute atomic E-state index is 12.7. The number of nitrogens with one attached hydrogen (secondary N) is 1. The number of hydrogen-bond acceptors (Lipinski definition) is 5. The molecule has 1 N–H and O–H groups in total. The molecule has 0 unspecified atom stereocenters. The average molecular weight is 434 g/mol. The minimum Gasteiger partial charge on any atom is -0.486 e. The monoisotopic (exact) mass is 433 g/mol. The first kappa shape index (κ1) is 21.9. The molecule has 0 aliphatic carbocycles. The largest absolute Gasteiger partial charge is 0.486 e. The van der Waals surface area contributed by atoms with E-state index in [2.05, 4.69) is 5.32 Å². The van der Waals surface area contributed by atoms with Crippen LogP contribution in [0.4, 0.5) is 4.79 Å². The first-order valence-corrected chi connectivity index (χ1v) is 11.2. The second-order valence-corrected chi connectivity index (χ2v) is 9.21. The number of hydrogen-bond donors (Lipinski definition) is 1. The van der Waals surface area contributed by atoms with E-state index in [0.29, 0.717) is 36.8 Å². The predicted octanol–water partition coefficient (Wildman–Crippen LogP) is 2.31. The number of carbonyl (C=O) groups is 1. The van der Waals surface area contributed by atoms with Gasteiger partial charge in [0.1, 0.15) is 6.61 Å². The van der Waals surface area contributed by atoms with Gasteiger partial charge in [-0.2, -0.15) is 0 Å². The molecule has 0 radical (unpaired) electrons. The summed E-state index contributed by atoms with van der Waals surface area (Å²) in [6, 6.07) is 13.8. The van der Waals surface area contributed by atoms with Gasteiger partial charge in [0.15, 0.2) is 17.6 Å². The summed E-state index contributed by atoms with van der Waals surface area (Å²) < 4.78 is 37.9. The lowest BCUT2D eigenvalue weighted by atomic mass is 10.2. The maximum atomic E-state index is 12.7. The zero-order chi connectivity index (χ0) is 21.7. The number of fused-ring (bicyclic) bond motifs is 1. The number of ether oxygens (including phenoxy) is 2. The fourth-order valence-electron chi connectivity index (χ4n) is 3.14. The van der Waals surface area contributed by atoms with Crippen LogP contribution in [0.2, 0.25) is 0 Å². The van der Waals surface area contributed by atoms with E-state index in [9.17, 15) is 13.2 Å². The zero-order valence-electron chi connectivity index (χ0n) is 17.4. The second kappa shape index (κ2) is 9.36. The molecule has 1 atom stereocenters. The molecule has 0 bridgehead atoms. The number of nitrogens with zero attached hydrogens (tertiary/aromatic N) is 2. The Kier molecular flexibility index (Phi) is 6.84. The fourth-order valence-corrected chi connectivity index (χ4v) is 4.25. The molecular weight excluding hydrogens is 406 g/mol. The van der Waals surface area contributed by atoms with Crippen LogP contribution in [0.25, 0.3) is 0 Å². The van der Waals surface area contributed by atoms with Crippen LogP contribution in [-0.4, -0.2) is 63.5 Å². The van der Waals surface area contributed by atoms with E-state index < -0.39 is 10.0 Å². The maximum Gasteiger partial charge on any atom is 0.317 e. The molecule has 0 fully saturated rings. The van der Waals surface area contributed by atoms with Crippen molar-refractivity contribution in [3.8, 4) is 11.5 Å². The fraction of sp³-hybridized carbons (Fsp3) is 0.381. The Labute approximate surface area is 177 Å². The van der Waals surface area contributed by atoms with E-state index in [1.807, 2.05) is 31.2 Å². The number of urea groups is 1. The first-order chi connectivity index (χ1) is 14.3. The van der Waals surface area contributed by atoms with Crippen molar-refractivity contribution < 1.29 is 22.7 Å². The summed E-state index contributed by atoms with van der Waals surface area (Å²) in [6.07, 6.45) is -0.285.